The van der Waals surface area contributed by atoms with Crippen molar-refractivity contribution in [1.29, 1.82) is 0 Å². The van der Waals surface area contributed by atoms with E-state index in [0.29, 0.717) is 23.6 Å². The van der Waals surface area contributed by atoms with Crippen LogP contribution in [0.2, 0.25) is 0 Å². The van der Waals surface area contributed by atoms with Gasteiger partial charge in [-0.05, 0) is 62.4 Å². The first-order valence-electron chi connectivity index (χ1n) is 11.9. The number of carbonyl (C=O) groups excluding carboxylic acids is 1. The van der Waals surface area contributed by atoms with Gasteiger partial charge in [0.15, 0.2) is 11.5 Å². The number of methoxy groups -OCH3 is 2. The highest BCUT2D eigenvalue weighted by atomic mass is 16.5. The standard InChI is InChI=1S/C25H34N4O3/c1-28-22(13-21(27-28)18-7-8-23(31-2)24(12-18)32-3)20-15-29-10-9-17(20)11-19(29)14-26-25(30)16-5-4-6-16/h7-8,12-13,16-17,19-20H,4-6,9-11,14-15H2,1-3H3,(H,26,30). The number of aromatic nitrogens is 2. The second kappa shape index (κ2) is 8.77. The molecule has 1 N–H and O–H groups in total. The number of hydrogen-bond acceptors (Lipinski definition) is 5. The second-order valence-corrected chi connectivity index (χ2v) is 9.56. The minimum Gasteiger partial charge on any atom is -0.493 e. The lowest BCUT2D eigenvalue weighted by molar-refractivity contribution is -0.127. The van der Waals surface area contributed by atoms with Gasteiger partial charge in [-0.15, -0.1) is 0 Å². The van der Waals surface area contributed by atoms with Crippen molar-refractivity contribution in [2.24, 2.45) is 18.9 Å². The fourth-order valence-corrected chi connectivity index (χ4v) is 5.68. The SMILES string of the molecule is COc1ccc(-c2cc(C3CN4CCC3CC4CNC(=O)C3CCC3)n(C)n2)cc1OC. The molecule has 1 aromatic heterocycles. The van der Waals surface area contributed by atoms with Crippen molar-refractivity contribution in [2.45, 2.75) is 44.1 Å². The van der Waals surface area contributed by atoms with Crippen LogP contribution in [-0.2, 0) is 11.8 Å². The number of aryl methyl sites for hydroxylation is 1. The maximum absolute atomic E-state index is 12.3. The molecule has 4 fully saturated rings. The molecule has 6 rings (SSSR count). The van der Waals surface area contributed by atoms with Crippen molar-refractivity contribution >= 4 is 5.91 Å². The van der Waals surface area contributed by atoms with Crippen molar-refractivity contribution in [3.05, 3.63) is 30.0 Å². The molecule has 2 bridgehead atoms. The summed E-state index contributed by atoms with van der Waals surface area (Å²) in [5.74, 6) is 3.09. The average Bonchev–Trinajstić information content (AvgIpc) is 3.17. The molecule has 1 aromatic carbocycles. The Labute approximate surface area is 190 Å². The van der Waals surface area contributed by atoms with Crippen LogP contribution in [-0.4, -0.2) is 60.5 Å². The van der Waals surface area contributed by atoms with Gasteiger partial charge in [0.2, 0.25) is 5.91 Å². The molecule has 3 saturated heterocycles. The van der Waals surface area contributed by atoms with Gasteiger partial charge in [-0.25, -0.2) is 0 Å². The predicted octanol–water partition coefficient (Wildman–Crippen LogP) is 3.20. The van der Waals surface area contributed by atoms with Crippen LogP contribution in [0, 0.1) is 11.8 Å². The lowest BCUT2D eigenvalue weighted by Gasteiger charge is -2.50. The van der Waals surface area contributed by atoms with Crippen molar-refractivity contribution in [3.8, 4) is 22.8 Å². The number of hydrogen-bond donors (Lipinski definition) is 1. The molecule has 4 unspecified atom stereocenters. The van der Waals surface area contributed by atoms with Gasteiger partial charge in [0.1, 0.15) is 0 Å². The lowest BCUT2D eigenvalue weighted by Crippen LogP contribution is -2.56. The fraction of sp³-hybridized carbons (Fsp3) is 0.600. The van der Waals surface area contributed by atoms with E-state index in [1.54, 1.807) is 14.2 Å². The Kier molecular flexibility index (Phi) is 5.84. The molecule has 7 nitrogen and oxygen atoms in total. The summed E-state index contributed by atoms with van der Waals surface area (Å²) in [6.45, 7) is 2.96. The minimum absolute atomic E-state index is 0.265. The Hall–Kier alpha value is -2.54. The summed E-state index contributed by atoms with van der Waals surface area (Å²) in [6, 6.07) is 8.65. The second-order valence-electron chi connectivity index (χ2n) is 9.56. The van der Waals surface area contributed by atoms with Gasteiger partial charge < -0.3 is 14.8 Å². The molecule has 1 saturated carbocycles. The molecule has 0 spiro atoms. The number of ether oxygens (including phenoxy) is 2. The third-order valence-corrected chi connectivity index (χ3v) is 7.84. The zero-order valence-electron chi connectivity index (χ0n) is 19.3. The monoisotopic (exact) mass is 438 g/mol. The van der Waals surface area contributed by atoms with Crippen LogP contribution in [0.5, 0.6) is 11.5 Å². The number of piperidine rings is 3. The molecule has 4 aliphatic rings. The largest absolute Gasteiger partial charge is 0.493 e. The smallest absolute Gasteiger partial charge is 0.223 e. The quantitative estimate of drug-likeness (QED) is 0.719. The summed E-state index contributed by atoms with van der Waals surface area (Å²) in [7, 11) is 5.35. The number of fused-ring (bicyclic) bond motifs is 3. The molecule has 1 aliphatic carbocycles. The van der Waals surface area contributed by atoms with Crippen LogP contribution < -0.4 is 14.8 Å². The molecule has 7 heteroatoms. The van der Waals surface area contributed by atoms with Gasteiger partial charge in [0, 0.05) is 49.3 Å². The first-order chi connectivity index (χ1) is 15.6. The third-order valence-electron chi connectivity index (χ3n) is 7.84. The van der Waals surface area contributed by atoms with E-state index in [9.17, 15) is 4.79 Å². The van der Waals surface area contributed by atoms with E-state index >= 15 is 0 Å². The average molecular weight is 439 g/mol. The molecule has 0 radical (unpaired) electrons. The van der Waals surface area contributed by atoms with Gasteiger partial charge in [-0.3, -0.25) is 14.4 Å². The number of benzene rings is 1. The number of amides is 1. The van der Waals surface area contributed by atoms with Crippen molar-refractivity contribution < 1.29 is 14.3 Å². The Morgan fingerprint density at radius 1 is 1.16 bits per heavy atom. The van der Waals surface area contributed by atoms with E-state index in [1.807, 2.05) is 29.9 Å². The van der Waals surface area contributed by atoms with Gasteiger partial charge in [-0.2, -0.15) is 5.10 Å². The molecule has 32 heavy (non-hydrogen) atoms. The first kappa shape index (κ1) is 21.3. The molecular formula is C25H34N4O3. The normalized spacial score (nSPS) is 27.1. The summed E-state index contributed by atoms with van der Waals surface area (Å²) < 4.78 is 12.9. The highest BCUT2D eigenvalue weighted by molar-refractivity contribution is 5.79. The van der Waals surface area contributed by atoms with Crippen molar-refractivity contribution in [2.75, 3.05) is 33.9 Å². The number of nitrogens with zero attached hydrogens (tertiary/aromatic N) is 3. The topological polar surface area (TPSA) is 68.6 Å². The van der Waals surface area contributed by atoms with Crippen LogP contribution in [0.1, 0.15) is 43.7 Å². The van der Waals surface area contributed by atoms with E-state index in [0.717, 1.165) is 55.9 Å². The van der Waals surface area contributed by atoms with Gasteiger partial charge >= 0.3 is 0 Å². The predicted molar refractivity (Wildman–Crippen MR) is 123 cm³/mol. The van der Waals surface area contributed by atoms with E-state index in [4.69, 9.17) is 14.6 Å². The van der Waals surface area contributed by atoms with Gasteiger partial charge in [0.25, 0.3) is 0 Å². The molecule has 1 amide bonds. The van der Waals surface area contributed by atoms with Gasteiger partial charge in [-0.1, -0.05) is 6.42 Å². The fourth-order valence-electron chi connectivity index (χ4n) is 5.68. The summed E-state index contributed by atoms with van der Waals surface area (Å²) in [4.78, 5) is 14.8. The molecule has 172 valence electrons. The summed E-state index contributed by atoms with van der Waals surface area (Å²) in [5.41, 5.74) is 3.29. The summed E-state index contributed by atoms with van der Waals surface area (Å²) in [5, 5.41) is 8.06. The van der Waals surface area contributed by atoms with Crippen molar-refractivity contribution in [1.82, 2.24) is 20.0 Å². The Balaban J connectivity index is 1.28. The van der Waals surface area contributed by atoms with Crippen molar-refractivity contribution in [3.63, 3.8) is 0 Å². The zero-order chi connectivity index (χ0) is 22.2. The lowest BCUT2D eigenvalue weighted by atomic mass is 9.74. The maximum atomic E-state index is 12.3. The van der Waals surface area contributed by atoms with Crippen LogP contribution >= 0.6 is 0 Å². The van der Waals surface area contributed by atoms with E-state index in [2.05, 4.69) is 16.3 Å². The van der Waals surface area contributed by atoms with Crippen LogP contribution in [0.15, 0.2) is 24.3 Å². The maximum Gasteiger partial charge on any atom is 0.223 e. The van der Waals surface area contributed by atoms with Crippen LogP contribution in [0.3, 0.4) is 0 Å². The molecule has 3 aliphatic heterocycles. The first-order valence-corrected chi connectivity index (χ1v) is 11.9. The Bertz CT molecular complexity index is 984. The Morgan fingerprint density at radius 2 is 1.97 bits per heavy atom. The van der Waals surface area contributed by atoms with E-state index in [-0.39, 0.29) is 11.8 Å². The van der Waals surface area contributed by atoms with Crippen LogP contribution in [0.25, 0.3) is 11.3 Å². The third kappa shape index (κ3) is 3.87. The molecule has 4 heterocycles. The number of carbonyl (C=O) groups is 1. The molecular weight excluding hydrogens is 404 g/mol. The number of nitrogens with one attached hydrogen (secondary N) is 1. The number of rotatable bonds is 7. The van der Waals surface area contributed by atoms with Gasteiger partial charge in [0.05, 0.1) is 19.9 Å². The summed E-state index contributed by atoms with van der Waals surface area (Å²) in [6.07, 6.45) is 5.69. The highest BCUT2D eigenvalue weighted by Gasteiger charge is 2.42. The Morgan fingerprint density at radius 3 is 2.62 bits per heavy atom. The highest BCUT2D eigenvalue weighted by Crippen LogP contribution is 2.42. The minimum atomic E-state index is 0.265. The molecule has 4 atom stereocenters. The van der Waals surface area contributed by atoms with E-state index in [1.165, 1.54) is 18.5 Å². The zero-order valence-corrected chi connectivity index (χ0v) is 19.3. The van der Waals surface area contributed by atoms with E-state index < -0.39 is 0 Å². The summed E-state index contributed by atoms with van der Waals surface area (Å²) >= 11 is 0. The molecule has 2 aromatic rings. The van der Waals surface area contributed by atoms with Crippen LogP contribution in [0.4, 0.5) is 0 Å².